The van der Waals surface area contributed by atoms with E-state index in [-0.39, 0.29) is 33.0 Å². The van der Waals surface area contributed by atoms with Gasteiger partial charge in [0.1, 0.15) is 24.9 Å². The van der Waals surface area contributed by atoms with Crippen LogP contribution in [0.25, 0.3) is 0 Å². The van der Waals surface area contributed by atoms with Crippen LogP contribution in [0.4, 0.5) is 0 Å². The molecule has 0 aromatic carbocycles. The summed E-state index contributed by atoms with van der Waals surface area (Å²) in [5.74, 6) is 0. The number of unbranched alkanes of at least 4 members (excludes halogenated alkanes) is 15. The molecule has 0 bridgehead atoms. The molecule has 3 unspecified atom stereocenters. The topological polar surface area (TPSA) is 99.4 Å². The van der Waals surface area contributed by atoms with E-state index < -0.39 is 18.3 Å². The molecule has 0 spiro atoms. The molecule has 0 saturated carbocycles. The quantitative estimate of drug-likeness (QED) is 0.0900. The van der Waals surface area contributed by atoms with Gasteiger partial charge < -0.3 is 34.4 Å². The summed E-state index contributed by atoms with van der Waals surface area (Å²) >= 11 is 0. The van der Waals surface area contributed by atoms with Crippen molar-refractivity contribution in [3.63, 3.8) is 0 Å². The summed E-state index contributed by atoms with van der Waals surface area (Å²) in [7, 11) is 4.28. The Labute approximate surface area is 222 Å². The van der Waals surface area contributed by atoms with E-state index in [0.717, 1.165) is 11.0 Å². The zero-order valence-corrected chi connectivity index (χ0v) is 24.0. The van der Waals surface area contributed by atoms with Gasteiger partial charge >= 0.3 is 0 Å². The minimum atomic E-state index is -0.936. The summed E-state index contributed by atoms with van der Waals surface area (Å²) in [6.07, 6.45) is 19.6. The van der Waals surface area contributed by atoms with Crippen LogP contribution in [0.15, 0.2) is 0 Å². The van der Waals surface area contributed by atoms with Gasteiger partial charge in [-0.15, -0.1) is 0 Å². The van der Waals surface area contributed by atoms with Crippen LogP contribution in [0, 0.1) is 0 Å². The van der Waals surface area contributed by atoms with E-state index >= 15 is 0 Å². The molecule has 0 heterocycles. The SMILES string of the molecule is CCCCCCCCCCCCCCCCCC[N+](C)(C)CC(O)COCC(O)COCC(O)CO. The second-order valence-corrected chi connectivity index (χ2v) is 11.4. The molecule has 218 valence electrons. The van der Waals surface area contributed by atoms with Gasteiger partial charge in [-0.3, -0.25) is 0 Å². The van der Waals surface area contributed by atoms with E-state index in [2.05, 4.69) is 21.0 Å². The smallest absolute Gasteiger partial charge is 0.126 e. The van der Waals surface area contributed by atoms with Crippen LogP contribution in [0.2, 0.25) is 0 Å². The summed E-state index contributed by atoms with van der Waals surface area (Å²) in [5, 5.41) is 38.0. The van der Waals surface area contributed by atoms with E-state index in [4.69, 9.17) is 14.6 Å². The average molecular weight is 521 g/mol. The first-order valence-electron chi connectivity index (χ1n) is 14.9. The first-order chi connectivity index (χ1) is 17.3. The summed E-state index contributed by atoms with van der Waals surface area (Å²) in [6, 6.07) is 0. The van der Waals surface area contributed by atoms with Gasteiger partial charge in [-0.25, -0.2) is 0 Å². The molecule has 7 nitrogen and oxygen atoms in total. The molecule has 4 N–H and O–H groups in total. The summed E-state index contributed by atoms with van der Waals surface area (Å²) < 4.78 is 11.3. The van der Waals surface area contributed by atoms with Gasteiger partial charge in [0.2, 0.25) is 0 Å². The van der Waals surface area contributed by atoms with Gasteiger partial charge in [0.15, 0.2) is 0 Å². The molecule has 0 aliphatic heterocycles. The van der Waals surface area contributed by atoms with Crippen molar-refractivity contribution >= 4 is 0 Å². The zero-order chi connectivity index (χ0) is 26.9. The van der Waals surface area contributed by atoms with Crippen molar-refractivity contribution in [3.05, 3.63) is 0 Å². The van der Waals surface area contributed by atoms with Crippen molar-refractivity contribution in [2.45, 2.75) is 128 Å². The Morgan fingerprint density at radius 1 is 0.528 bits per heavy atom. The molecule has 36 heavy (non-hydrogen) atoms. The standard InChI is InChI=1S/C29H62NO6/c1-4-5-6-7-8-9-10-11-12-13-14-15-16-17-18-19-20-30(2,3)21-27(32)23-35-25-29(34)26-36-24-28(33)22-31/h27-29,31-34H,4-26H2,1-3H3/q+1. The van der Waals surface area contributed by atoms with Crippen molar-refractivity contribution in [1.82, 2.24) is 0 Å². The van der Waals surface area contributed by atoms with Crippen LogP contribution in [-0.2, 0) is 9.47 Å². The monoisotopic (exact) mass is 520 g/mol. The molecular weight excluding hydrogens is 458 g/mol. The van der Waals surface area contributed by atoms with Gasteiger partial charge in [0.25, 0.3) is 0 Å². The van der Waals surface area contributed by atoms with Crippen molar-refractivity contribution in [3.8, 4) is 0 Å². The first-order valence-corrected chi connectivity index (χ1v) is 14.9. The van der Waals surface area contributed by atoms with E-state index in [9.17, 15) is 15.3 Å². The third-order valence-corrected chi connectivity index (χ3v) is 6.77. The van der Waals surface area contributed by atoms with Crippen molar-refractivity contribution in [1.29, 1.82) is 0 Å². The van der Waals surface area contributed by atoms with Crippen molar-refractivity contribution in [2.24, 2.45) is 0 Å². The van der Waals surface area contributed by atoms with Gasteiger partial charge in [-0.2, -0.15) is 0 Å². The molecule has 0 aromatic rings. The largest absolute Gasteiger partial charge is 0.394 e. The molecule has 0 radical (unpaired) electrons. The second-order valence-electron chi connectivity index (χ2n) is 11.4. The normalized spacial score (nSPS) is 14.8. The molecule has 7 heteroatoms. The molecule has 0 amide bonds. The third kappa shape index (κ3) is 25.4. The lowest BCUT2D eigenvalue weighted by atomic mass is 10.0. The number of hydrogen-bond acceptors (Lipinski definition) is 6. The highest BCUT2D eigenvalue weighted by Gasteiger charge is 2.20. The maximum atomic E-state index is 10.3. The Bertz CT molecular complexity index is 451. The number of aliphatic hydroxyl groups is 4. The van der Waals surface area contributed by atoms with Gasteiger partial charge in [0, 0.05) is 0 Å². The third-order valence-electron chi connectivity index (χ3n) is 6.77. The van der Waals surface area contributed by atoms with E-state index in [1.165, 1.54) is 103 Å². The highest BCUT2D eigenvalue weighted by atomic mass is 16.5. The number of rotatable bonds is 28. The Kier molecular flexibility index (Phi) is 24.8. The number of ether oxygens (including phenoxy) is 2. The maximum Gasteiger partial charge on any atom is 0.126 e. The molecule has 0 saturated heterocycles. The van der Waals surface area contributed by atoms with Crippen LogP contribution < -0.4 is 0 Å². The predicted octanol–water partition coefficient (Wildman–Crippen LogP) is 4.43. The van der Waals surface area contributed by atoms with E-state index in [1.54, 1.807) is 0 Å². The van der Waals surface area contributed by atoms with Crippen LogP contribution in [0.1, 0.15) is 110 Å². The van der Waals surface area contributed by atoms with Crippen LogP contribution in [0.3, 0.4) is 0 Å². The van der Waals surface area contributed by atoms with Crippen LogP contribution in [-0.4, -0.2) is 103 Å². The predicted molar refractivity (Wildman–Crippen MR) is 148 cm³/mol. The van der Waals surface area contributed by atoms with Gasteiger partial charge in [-0.1, -0.05) is 96.8 Å². The molecule has 0 aromatic heterocycles. The second kappa shape index (κ2) is 25.0. The molecule has 0 aliphatic carbocycles. The number of aliphatic hydroxyl groups excluding tert-OH is 4. The molecule has 3 atom stereocenters. The minimum absolute atomic E-state index is 0.0218. The molecular formula is C29H62NO6+. The minimum Gasteiger partial charge on any atom is -0.394 e. The summed E-state index contributed by atoms with van der Waals surface area (Å²) in [5.41, 5.74) is 0. The summed E-state index contributed by atoms with van der Waals surface area (Å²) in [4.78, 5) is 0. The highest BCUT2D eigenvalue weighted by Crippen LogP contribution is 2.14. The highest BCUT2D eigenvalue weighted by molar-refractivity contribution is 4.58. The fraction of sp³-hybridized carbons (Fsp3) is 1.00. The Balaban J connectivity index is 3.53. The van der Waals surface area contributed by atoms with Gasteiger partial charge in [-0.05, 0) is 12.8 Å². The number of hydrogen-bond donors (Lipinski definition) is 4. The van der Waals surface area contributed by atoms with Gasteiger partial charge in [0.05, 0.1) is 53.7 Å². The Morgan fingerprint density at radius 2 is 0.889 bits per heavy atom. The van der Waals surface area contributed by atoms with Crippen molar-refractivity contribution in [2.75, 3.05) is 60.2 Å². The fourth-order valence-electron chi connectivity index (χ4n) is 4.58. The Morgan fingerprint density at radius 3 is 1.31 bits per heavy atom. The lowest BCUT2D eigenvalue weighted by Gasteiger charge is -2.32. The first kappa shape index (κ1) is 35.7. The van der Waals surface area contributed by atoms with E-state index in [1.807, 2.05) is 0 Å². The summed E-state index contributed by atoms with van der Waals surface area (Å²) in [6.45, 7) is 3.81. The fourth-order valence-corrected chi connectivity index (χ4v) is 4.58. The number of likely N-dealkylation sites (N-methyl/N-ethyl adjacent to an activating group) is 1. The number of nitrogens with zero attached hydrogens (tertiary/aromatic N) is 1. The van der Waals surface area contributed by atoms with Crippen LogP contribution >= 0.6 is 0 Å². The maximum absolute atomic E-state index is 10.3. The Hall–Kier alpha value is -0.280. The number of quaternary nitrogens is 1. The van der Waals surface area contributed by atoms with E-state index in [0.29, 0.717) is 6.54 Å². The molecule has 0 aliphatic rings. The molecule has 0 fully saturated rings. The lowest BCUT2D eigenvalue weighted by molar-refractivity contribution is -0.893. The van der Waals surface area contributed by atoms with Crippen molar-refractivity contribution < 1.29 is 34.4 Å². The average Bonchev–Trinajstić information content (AvgIpc) is 2.83. The lowest BCUT2D eigenvalue weighted by Crippen LogP contribution is -2.47. The molecule has 0 rings (SSSR count). The van der Waals surface area contributed by atoms with Crippen LogP contribution in [0.5, 0.6) is 0 Å². The zero-order valence-electron chi connectivity index (χ0n) is 24.0.